The predicted molar refractivity (Wildman–Crippen MR) is 131 cm³/mol. The Morgan fingerprint density at radius 2 is 1.95 bits per heavy atom. The zero-order valence-electron chi connectivity index (χ0n) is 21.1. The van der Waals surface area contributed by atoms with Gasteiger partial charge in [-0.25, -0.2) is 14.4 Å². The first-order valence-electron chi connectivity index (χ1n) is 12.0. The fourth-order valence-corrected chi connectivity index (χ4v) is 4.32. The van der Waals surface area contributed by atoms with Crippen LogP contribution < -0.4 is 14.8 Å². The van der Waals surface area contributed by atoms with E-state index in [1.807, 2.05) is 6.07 Å². The number of amides is 1. The van der Waals surface area contributed by atoms with Crippen molar-refractivity contribution in [2.24, 2.45) is 0 Å². The number of hydrogen-bond donors (Lipinski definition) is 1. The Labute approximate surface area is 217 Å². The van der Waals surface area contributed by atoms with Crippen LogP contribution in [0.2, 0.25) is 0 Å². The maximum absolute atomic E-state index is 14.4. The van der Waals surface area contributed by atoms with Gasteiger partial charge in [-0.15, -0.1) is 13.2 Å². The van der Waals surface area contributed by atoms with E-state index in [1.54, 1.807) is 18.7 Å². The van der Waals surface area contributed by atoms with Gasteiger partial charge in [-0.1, -0.05) is 0 Å². The number of anilines is 1. The number of fused-ring (bicyclic) bond motifs is 1. The number of carbonyl (C=O) groups is 1. The van der Waals surface area contributed by atoms with E-state index in [-0.39, 0.29) is 24.0 Å². The van der Waals surface area contributed by atoms with Crippen LogP contribution in [-0.4, -0.2) is 52.4 Å². The molecule has 12 heteroatoms. The van der Waals surface area contributed by atoms with Gasteiger partial charge in [0.15, 0.2) is 0 Å². The fraction of sp³-hybridized carbons (Fsp3) is 0.385. The highest BCUT2D eigenvalue weighted by atomic mass is 19.4. The van der Waals surface area contributed by atoms with Crippen molar-refractivity contribution in [1.29, 1.82) is 0 Å². The second kappa shape index (κ2) is 11.2. The fourth-order valence-electron chi connectivity index (χ4n) is 4.32. The Kier molecular flexibility index (Phi) is 7.98. The van der Waals surface area contributed by atoms with E-state index in [4.69, 9.17) is 4.74 Å². The van der Waals surface area contributed by atoms with Gasteiger partial charge in [0.05, 0.1) is 37.8 Å². The summed E-state index contributed by atoms with van der Waals surface area (Å²) in [7, 11) is 1.42. The molecule has 3 aromatic heterocycles. The lowest BCUT2D eigenvalue weighted by molar-refractivity contribution is -0.274. The Balaban J connectivity index is 1.53. The van der Waals surface area contributed by atoms with E-state index in [9.17, 15) is 22.4 Å². The van der Waals surface area contributed by atoms with E-state index in [1.165, 1.54) is 25.3 Å². The molecule has 0 saturated heterocycles. The van der Waals surface area contributed by atoms with Crippen LogP contribution in [-0.2, 0) is 11.2 Å². The zero-order valence-corrected chi connectivity index (χ0v) is 21.1. The molecule has 0 spiro atoms. The number of aryl methyl sites for hydroxylation is 2. The molecule has 1 aliphatic heterocycles. The molecule has 38 heavy (non-hydrogen) atoms. The van der Waals surface area contributed by atoms with Crippen LogP contribution >= 0.6 is 0 Å². The summed E-state index contributed by atoms with van der Waals surface area (Å²) in [6, 6.07) is 6.01. The molecule has 0 bridgehead atoms. The van der Waals surface area contributed by atoms with Crippen molar-refractivity contribution in [3.8, 4) is 22.9 Å². The summed E-state index contributed by atoms with van der Waals surface area (Å²) in [6.07, 6.45) is -0.576. The Morgan fingerprint density at radius 1 is 1.16 bits per heavy atom. The van der Waals surface area contributed by atoms with Crippen molar-refractivity contribution in [2.75, 3.05) is 25.6 Å². The van der Waals surface area contributed by atoms with Crippen LogP contribution in [0, 0.1) is 12.7 Å². The summed E-state index contributed by atoms with van der Waals surface area (Å²) in [5.74, 6) is -1.14. The smallest absolute Gasteiger partial charge is 0.481 e. The maximum Gasteiger partial charge on any atom is 0.573 e. The second-order valence-corrected chi connectivity index (χ2v) is 8.92. The molecule has 0 unspecified atom stereocenters. The molecule has 202 valence electrons. The lowest BCUT2D eigenvalue weighted by Crippen LogP contribution is -2.39. The van der Waals surface area contributed by atoms with E-state index in [2.05, 4.69) is 25.0 Å². The van der Waals surface area contributed by atoms with Crippen LogP contribution in [0.3, 0.4) is 0 Å². The molecular weight excluding hydrogens is 506 g/mol. The van der Waals surface area contributed by atoms with E-state index >= 15 is 0 Å². The highest BCUT2D eigenvalue weighted by Crippen LogP contribution is 2.30. The highest BCUT2D eigenvalue weighted by Gasteiger charge is 2.31. The maximum atomic E-state index is 14.4. The van der Waals surface area contributed by atoms with Gasteiger partial charge in [-0.2, -0.15) is 0 Å². The summed E-state index contributed by atoms with van der Waals surface area (Å²) >= 11 is 0. The van der Waals surface area contributed by atoms with Gasteiger partial charge in [0.25, 0.3) is 0 Å². The van der Waals surface area contributed by atoms with Gasteiger partial charge in [0.2, 0.25) is 11.8 Å². The summed E-state index contributed by atoms with van der Waals surface area (Å²) < 4.78 is 60.8. The monoisotopic (exact) mass is 533 g/mol. The van der Waals surface area contributed by atoms with Gasteiger partial charge >= 0.3 is 6.36 Å². The molecule has 0 saturated carbocycles. The van der Waals surface area contributed by atoms with Gasteiger partial charge in [-0.3, -0.25) is 9.78 Å². The highest BCUT2D eigenvalue weighted by molar-refractivity contribution is 5.83. The number of halogens is 4. The molecule has 1 atom stereocenters. The SMILES string of the molecule is COc1cc([C@@H](C)C(=O)N2CCCCc3cc(-c4ccc(OC(F)(F)F)cn4)c(C)nc3NC2)c(F)cn1. The molecule has 0 aliphatic carbocycles. The van der Waals surface area contributed by atoms with Gasteiger partial charge < -0.3 is 19.7 Å². The summed E-state index contributed by atoms with van der Waals surface area (Å²) in [4.78, 5) is 27.6. The number of aromatic nitrogens is 3. The second-order valence-electron chi connectivity index (χ2n) is 8.92. The number of carbonyl (C=O) groups excluding carboxylic acids is 1. The lowest BCUT2D eigenvalue weighted by atomic mass is 10.00. The van der Waals surface area contributed by atoms with Crippen LogP contribution in [0.4, 0.5) is 23.4 Å². The predicted octanol–water partition coefficient (Wildman–Crippen LogP) is 5.23. The van der Waals surface area contributed by atoms with E-state index < -0.39 is 23.8 Å². The Morgan fingerprint density at radius 3 is 2.63 bits per heavy atom. The topological polar surface area (TPSA) is 89.5 Å². The van der Waals surface area contributed by atoms with Crippen molar-refractivity contribution in [1.82, 2.24) is 19.9 Å². The average molecular weight is 534 g/mol. The molecule has 1 N–H and O–H groups in total. The number of hydrogen-bond acceptors (Lipinski definition) is 7. The molecular formula is C26H27F4N5O3. The first-order chi connectivity index (χ1) is 18.1. The minimum absolute atomic E-state index is 0.174. The third-order valence-electron chi connectivity index (χ3n) is 6.32. The minimum atomic E-state index is -4.79. The molecule has 0 aromatic carbocycles. The van der Waals surface area contributed by atoms with Crippen molar-refractivity contribution in [3.63, 3.8) is 0 Å². The van der Waals surface area contributed by atoms with Crippen molar-refractivity contribution < 1.29 is 31.8 Å². The van der Waals surface area contributed by atoms with Gasteiger partial charge in [-0.05, 0) is 56.9 Å². The number of ether oxygens (including phenoxy) is 2. The van der Waals surface area contributed by atoms with Gasteiger partial charge in [0, 0.05) is 29.4 Å². The number of nitrogens with one attached hydrogen (secondary N) is 1. The third-order valence-corrected chi connectivity index (χ3v) is 6.32. The number of pyridine rings is 3. The molecule has 1 aliphatic rings. The largest absolute Gasteiger partial charge is 0.573 e. The van der Waals surface area contributed by atoms with E-state index in [0.29, 0.717) is 42.2 Å². The van der Waals surface area contributed by atoms with Crippen LogP contribution in [0.25, 0.3) is 11.3 Å². The van der Waals surface area contributed by atoms with Crippen molar-refractivity contribution in [3.05, 3.63) is 59.3 Å². The molecule has 4 heterocycles. The van der Waals surface area contributed by atoms with E-state index in [0.717, 1.165) is 24.4 Å². The quantitative estimate of drug-likeness (QED) is 0.449. The summed E-state index contributed by atoms with van der Waals surface area (Å²) in [6.45, 7) is 4.07. The van der Waals surface area contributed by atoms with Gasteiger partial charge in [0.1, 0.15) is 17.4 Å². The first-order valence-corrected chi connectivity index (χ1v) is 12.0. The molecule has 1 amide bonds. The van der Waals surface area contributed by atoms with Crippen LogP contribution in [0.15, 0.2) is 36.7 Å². The summed E-state index contributed by atoms with van der Waals surface area (Å²) in [5.41, 5.74) is 2.87. The molecule has 3 aromatic rings. The Hall–Kier alpha value is -3.96. The molecule has 4 rings (SSSR count). The lowest BCUT2D eigenvalue weighted by Gasteiger charge is -2.26. The number of rotatable bonds is 5. The Bertz CT molecular complexity index is 1300. The van der Waals surface area contributed by atoms with Crippen molar-refractivity contribution in [2.45, 2.75) is 45.4 Å². The van der Waals surface area contributed by atoms with Crippen molar-refractivity contribution >= 4 is 11.7 Å². The first kappa shape index (κ1) is 27.1. The number of nitrogens with zero attached hydrogens (tertiary/aromatic N) is 4. The molecule has 0 radical (unpaired) electrons. The average Bonchev–Trinajstić information content (AvgIpc) is 2.98. The third kappa shape index (κ3) is 6.29. The standard InChI is InChI=1S/C26H27F4N5O3/c1-15(19-11-23(37-3)32-13-21(19)27)25(36)35-9-5-4-6-17-10-20(16(2)34-24(17)33-14-35)22-8-7-18(12-31-22)38-26(28,29)30/h7-8,10-13,15H,4-6,9,14H2,1-3H3,(H,33,34)/t15-/m1/s1. The summed E-state index contributed by atoms with van der Waals surface area (Å²) in [5, 5.41) is 3.23. The number of methoxy groups -OCH3 is 1. The zero-order chi connectivity index (χ0) is 27.4. The molecule has 8 nitrogen and oxygen atoms in total. The normalized spacial score (nSPS) is 14.9. The van der Waals surface area contributed by atoms with Crippen LogP contribution in [0.5, 0.6) is 11.6 Å². The number of alkyl halides is 3. The molecule has 0 fully saturated rings. The minimum Gasteiger partial charge on any atom is -0.481 e. The van der Waals surface area contributed by atoms with Crippen LogP contribution in [0.1, 0.15) is 42.5 Å².